The van der Waals surface area contributed by atoms with Crippen LogP contribution in [-0.2, 0) is 0 Å². The van der Waals surface area contributed by atoms with Crippen molar-refractivity contribution in [2.24, 2.45) is 0 Å². The van der Waals surface area contributed by atoms with Crippen LogP contribution in [0.15, 0.2) is 0 Å². The predicted molar refractivity (Wildman–Crippen MR) is 178 cm³/mol. The zero-order chi connectivity index (χ0) is 24.8. The smallest absolute Gasteiger partial charge is 0.00218 e. The Bertz CT molecular complexity index is 322. The highest BCUT2D eigenvalue weighted by molar-refractivity contribution is 4.55. The first-order chi connectivity index (χ1) is 16.8. The third-order valence-corrected chi connectivity index (χ3v) is 7.79. The molecule has 0 aliphatic carbocycles. The van der Waals surface area contributed by atoms with E-state index >= 15 is 0 Å². The summed E-state index contributed by atoms with van der Waals surface area (Å²) in [4.78, 5) is 2.58. The van der Waals surface area contributed by atoms with Crippen molar-refractivity contribution < 1.29 is 0 Å². The molecule has 0 aromatic carbocycles. The molecular weight excluding hydrogens is 466 g/mol. The van der Waals surface area contributed by atoms with Gasteiger partial charge in [-0.2, -0.15) is 0 Å². The summed E-state index contributed by atoms with van der Waals surface area (Å²) in [5.74, 6) is 0. The molecule has 0 aliphatic rings. The highest BCUT2D eigenvalue weighted by Gasteiger charge is 2.00. The van der Waals surface area contributed by atoms with Crippen LogP contribution < -0.4 is 24.6 Å². The molecule has 0 saturated heterocycles. The van der Waals surface area contributed by atoms with E-state index in [-0.39, 0.29) is 24.6 Å². The van der Waals surface area contributed by atoms with Crippen LogP contribution in [-0.4, -0.2) is 25.0 Å². The topological polar surface area (TPSA) is 143 Å². The Morgan fingerprint density at radius 3 is 0.605 bits per heavy atom. The van der Waals surface area contributed by atoms with Crippen molar-refractivity contribution in [1.29, 1.82) is 0 Å². The molecule has 0 rings (SSSR count). The van der Waals surface area contributed by atoms with Crippen LogP contribution in [0.1, 0.15) is 194 Å². The summed E-state index contributed by atoms with van der Waals surface area (Å²) in [6.07, 6.45) is 40.8. The van der Waals surface area contributed by atoms with Crippen molar-refractivity contribution in [3.63, 3.8) is 0 Å². The first-order valence-corrected chi connectivity index (χ1v) is 16.5. The summed E-state index contributed by atoms with van der Waals surface area (Å²) in [6, 6.07) is 0. The van der Waals surface area contributed by atoms with E-state index in [1.165, 1.54) is 193 Å². The fourth-order valence-electron chi connectivity index (χ4n) is 5.26. The van der Waals surface area contributed by atoms with Gasteiger partial charge in [0.25, 0.3) is 0 Å². The fraction of sp³-hybridized carbons (Fsp3) is 1.00. The number of nitrogens with zero attached hydrogens (tertiary/aromatic N) is 1. The number of unbranched alkanes of at least 4 members (excludes halogenated alkanes) is 26. The second kappa shape index (κ2) is 43.8. The lowest BCUT2D eigenvalue weighted by Crippen LogP contribution is -2.20. The number of rotatable bonds is 30. The average Bonchev–Trinajstić information content (AvgIpc) is 2.84. The summed E-state index contributed by atoms with van der Waals surface area (Å²) in [6.45, 7) is 7.24. The molecule has 0 bridgehead atoms. The van der Waals surface area contributed by atoms with E-state index < -0.39 is 0 Å². The minimum absolute atomic E-state index is 0. The largest absolute Gasteiger partial charge is 0.344 e. The van der Waals surface area contributed by atoms with Crippen LogP contribution in [0.3, 0.4) is 0 Å². The van der Waals surface area contributed by atoms with Gasteiger partial charge in [0.1, 0.15) is 0 Å². The van der Waals surface area contributed by atoms with Crippen LogP contribution in [0.25, 0.3) is 0 Å². The maximum absolute atomic E-state index is 2.58. The Hall–Kier alpha value is -0.200. The quantitative estimate of drug-likeness (QED) is 0.0660. The molecule has 0 aromatic heterocycles. The first-order valence-electron chi connectivity index (χ1n) is 16.5. The molecule has 5 heteroatoms. The van der Waals surface area contributed by atoms with E-state index in [9.17, 15) is 0 Å². The van der Waals surface area contributed by atoms with Gasteiger partial charge in [0.2, 0.25) is 0 Å². The molecule has 0 fully saturated rings. The Kier molecular flexibility index (Phi) is 54.9. The van der Waals surface area contributed by atoms with E-state index in [1.54, 1.807) is 0 Å². The SMILES string of the molecule is CCCCCCCCCCCCCCCCN(C)CCCCCCCCCCCCCCCC.N.N.N.N. The van der Waals surface area contributed by atoms with Gasteiger partial charge in [0.05, 0.1) is 0 Å². The molecule has 0 spiro atoms. The highest BCUT2D eigenvalue weighted by atomic mass is 15.1. The molecule has 5 nitrogen and oxygen atoms in total. The van der Waals surface area contributed by atoms with Crippen LogP contribution >= 0.6 is 0 Å². The van der Waals surface area contributed by atoms with Gasteiger partial charge in [-0.15, -0.1) is 0 Å². The van der Waals surface area contributed by atoms with Crippen molar-refractivity contribution in [3.05, 3.63) is 0 Å². The van der Waals surface area contributed by atoms with Crippen LogP contribution in [0, 0.1) is 0 Å². The van der Waals surface area contributed by atoms with E-state index in [2.05, 4.69) is 25.8 Å². The van der Waals surface area contributed by atoms with Gasteiger partial charge in [-0.25, -0.2) is 0 Å². The normalized spacial score (nSPS) is 10.4. The molecule has 38 heavy (non-hydrogen) atoms. The number of hydrogen-bond donors (Lipinski definition) is 4. The van der Waals surface area contributed by atoms with Crippen molar-refractivity contribution >= 4 is 0 Å². The van der Waals surface area contributed by atoms with Crippen LogP contribution in [0.2, 0.25) is 0 Å². The lowest BCUT2D eigenvalue weighted by Gasteiger charge is -2.16. The van der Waals surface area contributed by atoms with Gasteiger partial charge < -0.3 is 29.5 Å². The molecule has 0 saturated carbocycles. The van der Waals surface area contributed by atoms with E-state index in [1.807, 2.05) is 0 Å². The summed E-state index contributed by atoms with van der Waals surface area (Å²) >= 11 is 0. The summed E-state index contributed by atoms with van der Waals surface area (Å²) in [7, 11) is 2.34. The first kappa shape index (κ1) is 47.6. The lowest BCUT2D eigenvalue weighted by molar-refractivity contribution is 0.314. The molecule has 0 amide bonds. The van der Waals surface area contributed by atoms with E-state index in [4.69, 9.17) is 0 Å². The second-order valence-corrected chi connectivity index (χ2v) is 11.5. The minimum Gasteiger partial charge on any atom is -0.344 e. The maximum Gasteiger partial charge on any atom is -0.00218 e. The third kappa shape index (κ3) is 42.9. The van der Waals surface area contributed by atoms with E-state index in [0.717, 1.165) is 0 Å². The molecule has 0 unspecified atom stereocenters. The summed E-state index contributed by atoms with van der Waals surface area (Å²) in [5, 5.41) is 0. The average molecular weight is 548 g/mol. The molecular formula is C33H81N5. The Balaban J connectivity index is -0.000000907. The van der Waals surface area contributed by atoms with Crippen molar-refractivity contribution in [1.82, 2.24) is 29.5 Å². The Labute approximate surface area is 243 Å². The molecule has 0 radical (unpaired) electrons. The maximum atomic E-state index is 2.58. The van der Waals surface area contributed by atoms with Gasteiger partial charge in [-0.05, 0) is 33.0 Å². The van der Waals surface area contributed by atoms with Gasteiger partial charge in [0.15, 0.2) is 0 Å². The van der Waals surface area contributed by atoms with Crippen LogP contribution in [0.4, 0.5) is 0 Å². The predicted octanol–water partition coefficient (Wildman–Crippen LogP) is 12.5. The molecule has 238 valence electrons. The molecule has 0 aromatic rings. The monoisotopic (exact) mass is 548 g/mol. The minimum atomic E-state index is 0. The van der Waals surface area contributed by atoms with Gasteiger partial charge in [0, 0.05) is 0 Å². The van der Waals surface area contributed by atoms with Crippen molar-refractivity contribution in [3.8, 4) is 0 Å². The van der Waals surface area contributed by atoms with Gasteiger partial charge in [-0.3, -0.25) is 0 Å². The zero-order valence-electron chi connectivity index (χ0n) is 27.5. The molecule has 0 aliphatic heterocycles. The van der Waals surface area contributed by atoms with Gasteiger partial charge in [-0.1, -0.05) is 181 Å². The summed E-state index contributed by atoms with van der Waals surface area (Å²) in [5.41, 5.74) is 0. The van der Waals surface area contributed by atoms with Crippen molar-refractivity contribution in [2.45, 2.75) is 194 Å². The standard InChI is InChI=1S/C33H69N.4H3N/c1-4-6-8-10-12-14-16-18-20-22-24-26-28-30-32-34(3)33-31-29-27-25-23-21-19-17-15-13-11-9-7-5-2;;;;/h4-33H2,1-3H3;4*1H3. The fourth-order valence-corrected chi connectivity index (χ4v) is 5.26. The number of hydrogen-bond acceptors (Lipinski definition) is 5. The second-order valence-electron chi connectivity index (χ2n) is 11.5. The van der Waals surface area contributed by atoms with E-state index in [0.29, 0.717) is 0 Å². The lowest BCUT2D eigenvalue weighted by atomic mass is 10.0. The molecule has 12 N–H and O–H groups in total. The van der Waals surface area contributed by atoms with Crippen molar-refractivity contribution in [2.75, 3.05) is 20.1 Å². The van der Waals surface area contributed by atoms with Gasteiger partial charge >= 0.3 is 0 Å². The third-order valence-electron chi connectivity index (χ3n) is 7.79. The zero-order valence-corrected chi connectivity index (χ0v) is 27.5. The van der Waals surface area contributed by atoms with Crippen LogP contribution in [0.5, 0.6) is 0 Å². The molecule has 0 atom stereocenters. The summed E-state index contributed by atoms with van der Waals surface area (Å²) < 4.78 is 0. The Morgan fingerprint density at radius 2 is 0.421 bits per heavy atom. The molecule has 0 heterocycles. The Morgan fingerprint density at radius 1 is 0.263 bits per heavy atom. The highest BCUT2D eigenvalue weighted by Crippen LogP contribution is 2.14.